The molecule has 3 unspecified atom stereocenters. The summed E-state index contributed by atoms with van der Waals surface area (Å²) in [6.07, 6.45) is 5.16. The van der Waals surface area contributed by atoms with E-state index in [1.807, 2.05) is 0 Å². The lowest BCUT2D eigenvalue weighted by Gasteiger charge is -2.49. The van der Waals surface area contributed by atoms with E-state index in [-0.39, 0.29) is 12.5 Å². The smallest absolute Gasteiger partial charge is 0.304 e. The Morgan fingerprint density at radius 1 is 1.39 bits per heavy atom. The Balaban J connectivity index is 2.00. The first-order chi connectivity index (χ1) is 8.61. The molecule has 2 fully saturated rings. The van der Waals surface area contributed by atoms with Gasteiger partial charge in [-0.15, -0.1) is 0 Å². The van der Waals surface area contributed by atoms with Crippen LogP contribution in [0.2, 0.25) is 0 Å². The van der Waals surface area contributed by atoms with Gasteiger partial charge >= 0.3 is 5.97 Å². The van der Waals surface area contributed by atoms with Crippen LogP contribution in [0.25, 0.3) is 0 Å². The van der Waals surface area contributed by atoms with Gasteiger partial charge in [-0.2, -0.15) is 0 Å². The fourth-order valence-electron chi connectivity index (χ4n) is 3.58. The van der Waals surface area contributed by atoms with Gasteiger partial charge in [0.2, 0.25) is 0 Å². The van der Waals surface area contributed by atoms with Crippen molar-refractivity contribution in [2.45, 2.75) is 64.1 Å². The lowest BCUT2D eigenvalue weighted by atomic mass is 9.94. The average Bonchev–Trinajstić information content (AvgIpc) is 2.35. The van der Waals surface area contributed by atoms with Gasteiger partial charge in [0.15, 0.2) is 0 Å². The van der Waals surface area contributed by atoms with E-state index in [1.54, 1.807) is 0 Å². The van der Waals surface area contributed by atoms with Crippen molar-refractivity contribution in [3.63, 3.8) is 0 Å². The van der Waals surface area contributed by atoms with E-state index in [0.29, 0.717) is 12.1 Å². The Morgan fingerprint density at radius 2 is 2.17 bits per heavy atom. The molecule has 0 saturated carbocycles. The van der Waals surface area contributed by atoms with Gasteiger partial charge in [-0.25, -0.2) is 0 Å². The summed E-state index contributed by atoms with van der Waals surface area (Å²) in [6.45, 7) is 7.76. The Morgan fingerprint density at radius 3 is 2.83 bits per heavy atom. The number of carboxylic acids is 1. The Kier molecular flexibility index (Phi) is 4.62. The number of rotatable bonds is 4. The second-order valence-corrected chi connectivity index (χ2v) is 5.85. The molecule has 4 heteroatoms. The van der Waals surface area contributed by atoms with E-state index in [2.05, 4.69) is 23.6 Å². The highest BCUT2D eigenvalue weighted by atomic mass is 16.4. The minimum Gasteiger partial charge on any atom is -0.481 e. The molecule has 0 aromatic heterocycles. The van der Waals surface area contributed by atoms with E-state index in [9.17, 15) is 4.79 Å². The summed E-state index contributed by atoms with van der Waals surface area (Å²) in [5, 5.41) is 9.03. The number of carboxylic acid groups (broad SMARTS) is 1. The molecule has 2 rings (SSSR count). The molecule has 0 aromatic carbocycles. The number of nitrogens with zero attached hydrogens (tertiary/aromatic N) is 2. The van der Waals surface area contributed by atoms with E-state index < -0.39 is 5.97 Å². The summed E-state index contributed by atoms with van der Waals surface area (Å²) in [6, 6.07) is 1.36. The number of piperazine rings is 1. The lowest BCUT2D eigenvalue weighted by Crippen LogP contribution is -2.61. The van der Waals surface area contributed by atoms with Crippen LogP contribution in [-0.2, 0) is 4.79 Å². The highest BCUT2D eigenvalue weighted by Gasteiger charge is 2.36. The van der Waals surface area contributed by atoms with Crippen LogP contribution in [0.3, 0.4) is 0 Å². The predicted molar refractivity (Wildman–Crippen MR) is 71.7 cm³/mol. The van der Waals surface area contributed by atoms with Crippen molar-refractivity contribution in [3.05, 3.63) is 0 Å². The standard InChI is InChI=1S/C14H26N2O2/c1-3-12(8-14(17)18)16-10-13-6-4-5-7-15(13)9-11(16)2/h11-13H,3-10H2,1-2H3,(H,17,18). The lowest BCUT2D eigenvalue weighted by molar-refractivity contribution is -0.139. The molecule has 1 N–H and O–H groups in total. The molecule has 2 aliphatic rings. The predicted octanol–water partition coefficient (Wildman–Crippen LogP) is 1.80. The SMILES string of the molecule is CCC(CC(=O)O)N1CC2CCCCN2CC1C. The van der Waals surface area contributed by atoms with Crippen LogP contribution in [0.1, 0.15) is 46.0 Å². The van der Waals surface area contributed by atoms with Crippen molar-refractivity contribution in [1.29, 1.82) is 0 Å². The quantitative estimate of drug-likeness (QED) is 0.831. The second-order valence-electron chi connectivity index (χ2n) is 5.85. The highest BCUT2D eigenvalue weighted by molar-refractivity contribution is 5.67. The summed E-state index contributed by atoms with van der Waals surface area (Å²) in [5.41, 5.74) is 0. The van der Waals surface area contributed by atoms with Crippen molar-refractivity contribution >= 4 is 5.97 Å². The number of aliphatic carboxylic acids is 1. The van der Waals surface area contributed by atoms with Crippen LogP contribution in [-0.4, -0.2) is 58.6 Å². The van der Waals surface area contributed by atoms with Gasteiger partial charge < -0.3 is 5.11 Å². The Bertz CT molecular complexity index is 296. The van der Waals surface area contributed by atoms with Gasteiger partial charge in [0.25, 0.3) is 0 Å². The number of fused-ring (bicyclic) bond motifs is 1. The molecule has 2 aliphatic heterocycles. The van der Waals surface area contributed by atoms with Gasteiger partial charge in [0.05, 0.1) is 6.42 Å². The molecule has 2 heterocycles. The van der Waals surface area contributed by atoms with E-state index in [1.165, 1.54) is 25.8 Å². The third-order valence-electron chi connectivity index (χ3n) is 4.59. The molecule has 2 saturated heterocycles. The zero-order valence-electron chi connectivity index (χ0n) is 11.6. The molecule has 0 aromatic rings. The van der Waals surface area contributed by atoms with Crippen molar-refractivity contribution in [3.8, 4) is 0 Å². The van der Waals surface area contributed by atoms with Crippen molar-refractivity contribution in [1.82, 2.24) is 9.80 Å². The summed E-state index contributed by atoms with van der Waals surface area (Å²) in [5.74, 6) is -0.667. The van der Waals surface area contributed by atoms with Gasteiger partial charge in [0.1, 0.15) is 0 Å². The summed E-state index contributed by atoms with van der Waals surface area (Å²) < 4.78 is 0. The van der Waals surface area contributed by atoms with Crippen LogP contribution in [0.15, 0.2) is 0 Å². The molecule has 18 heavy (non-hydrogen) atoms. The fraction of sp³-hybridized carbons (Fsp3) is 0.929. The van der Waals surface area contributed by atoms with Gasteiger partial charge in [-0.1, -0.05) is 13.3 Å². The zero-order chi connectivity index (χ0) is 13.1. The maximum absolute atomic E-state index is 11.0. The average molecular weight is 254 g/mol. The maximum Gasteiger partial charge on any atom is 0.304 e. The third kappa shape index (κ3) is 3.04. The Labute approximate surface area is 110 Å². The monoisotopic (exact) mass is 254 g/mol. The van der Waals surface area contributed by atoms with Crippen molar-refractivity contribution in [2.75, 3.05) is 19.6 Å². The van der Waals surface area contributed by atoms with Crippen LogP contribution in [0, 0.1) is 0 Å². The van der Waals surface area contributed by atoms with E-state index in [4.69, 9.17) is 5.11 Å². The fourth-order valence-corrected chi connectivity index (χ4v) is 3.58. The summed E-state index contributed by atoms with van der Waals surface area (Å²) >= 11 is 0. The van der Waals surface area contributed by atoms with E-state index >= 15 is 0 Å². The van der Waals surface area contributed by atoms with Crippen LogP contribution >= 0.6 is 0 Å². The van der Waals surface area contributed by atoms with Gasteiger partial charge in [-0.05, 0) is 32.7 Å². The number of hydrogen-bond acceptors (Lipinski definition) is 3. The zero-order valence-corrected chi connectivity index (χ0v) is 11.6. The normalized spacial score (nSPS) is 31.9. The summed E-state index contributed by atoms with van der Waals surface area (Å²) in [4.78, 5) is 16.0. The number of hydrogen-bond donors (Lipinski definition) is 1. The molecular formula is C14H26N2O2. The molecular weight excluding hydrogens is 228 g/mol. The first-order valence-electron chi connectivity index (χ1n) is 7.33. The first kappa shape index (κ1) is 13.8. The largest absolute Gasteiger partial charge is 0.481 e. The Hall–Kier alpha value is -0.610. The molecule has 3 atom stereocenters. The maximum atomic E-state index is 11.0. The second kappa shape index (κ2) is 6.02. The molecule has 0 aliphatic carbocycles. The van der Waals surface area contributed by atoms with Crippen LogP contribution in [0.4, 0.5) is 0 Å². The van der Waals surface area contributed by atoms with Crippen molar-refractivity contribution < 1.29 is 9.90 Å². The van der Waals surface area contributed by atoms with E-state index in [0.717, 1.165) is 19.5 Å². The summed E-state index contributed by atoms with van der Waals surface area (Å²) in [7, 11) is 0. The molecule has 0 bridgehead atoms. The topological polar surface area (TPSA) is 43.8 Å². The molecule has 0 amide bonds. The molecule has 104 valence electrons. The van der Waals surface area contributed by atoms with Crippen LogP contribution < -0.4 is 0 Å². The molecule has 0 radical (unpaired) electrons. The van der Waals surface area contributed by atoms with Crippen LogP contribution in [0.5, 0.6) is 0 Å². The minimum atomic E-state index is -0.667. The minimum absolute atomic E-state index is 0.210. The number of carbonyl (C=O) groups is 1. The molecule has 4 nitrogen and oxygen atoms in total. The van der Waals surface area contributed by atoms with Gasteiger partial charge in [0, 0.05) is 31.2 Å². The highest BCUT2D eigenvalue weighted by Crippen LogP contribution is 2.26. The third-order valence-corrected chi connectivity index (χ3v) is 4.59. The van der Waals surface area contributed by atoms with Crippen molar-refractivity contribution in [2.24, 2.45) is 0 Å². The number of piperidine rings is 1. The molecule has 0 spiro atoms. The first-order valence-corrected chi connectivity index (χ1v) is 7.33. The van der Waals surface area contributed by atoms with Gasteiger partial charge in [-0.3, -0.25) is 14.6 Å².